The Morgan fingerprint density at radius 1 is 1.00 bits per heavy atom. The largest absolute Gasteiger partial charge is 0.416 e. The van der Waals surface area contributed by atoms with E-state index in [-0.39, 0.29) is 0 Å². The summed E-state index contributed by atoms with van der Waals surface area (Å²) in [7, 11) is 0. The van der Waals surface area contributed by atoms with E-state index in [1.807, 2.05) is 0 Å². The van der Waals surface area contributed by atoms with Crippen LogP contribution in [0.25, 0.3) is 0 Å². The second kappa shape index (κ2) is 3.54. The number of hydrogen-bond donors (Lipinski definition) is 0. The van der Waals surface area contributed by atoms with E-state index in [2.05, 4.69) is 0 Å². The summed E-state index contributed by atoms with van der Waals surface area (Å²) in [5.74, 6) is 0. The van der Waals surface area contributed by atoms with Gasteiger partial charge in [-0.05, 0) is 29.5 Å². The van der Waals surface area contributed by atoms with Crippen molar-refractivity contribution in [1.29, 1.82) is 0 Å². The van der Waals surface area contributed by atoms with Crippen molar-refractivity contribution in [1.82, 2.24) is 0 Å². The summed E-state index contributed by atoms with van der Waals surface area (Å²) in [6, 6.07) is 4.32. The lowest BCUT2D eigenvalue weighted by atomic mass is 9.81. The molecule has 0 spiro atoms. The van der Waals surface area contributed by atoms with Gasteiger partial charge < -0.3 is 0 Å². The molecule has 0 nitrogen and oxygen atoms in total. The van der Waals surface area contributed by atoms with Crippen LogP contribution in [0.3, 0.4) is 0 Å². The minimum absolute atomic E-state index is 0.387. The molecule has 3 heteroatoms. The third-order valence-electron chi connectivity index (χ3n) is 2.33. The summed E-state index contributed by atoms with van der Waals surface area (Å²) >= 11 is 0. The molecule has 1 aromatic rings. The predicted octanol–water partition coefficient (Wildman–Crippen LogP) is 4.31. The van der Waals surface area contributed by atoms with Crippen molar-refractivity contribution >= 4 is 0 Å². The van der Waals surface area contributed by atoms with E-state index in [1.54, 1.807) is 33.8 Å². The molecule has 15 heavy (non-hydrogen) atoms. The van der Waals surface area contributed by atoms with Gasteiger partial charge in [0.05, 0.1) is 5.56 Å². The molecule has 0 amide bonds. The molecule has 0 radical (unpaired) electrons. The third kappa shape index (κ3) is 2.52. The summed E-state index contributed by atoms with van der Waals surface area (Å²) in [5, 5.41) is 0. The molecule has 0 aromatic heterocycles. The Hall–Kier alpha value is -0.990. The maximum Gasteiger partial charge on any atom is 0.416 e. The molecule has 0 saturated carbocycles. The van der Waals surface area contributed by atoms with Gasteiger partial charge in [0.1, 0.15) is 0 Å². The Balaban J connectivity index is 3.48. The highest BCUT2D eigenvalue weighted by atomic mass is 19.4. The van der Waals surface area contributed by atoms with Gasteiger partial charge in [-0.2, -0.15) is 13.2 Å². The van der Waals surface area contributed by atoms with Crippen LogP contribution < -0.4 is 0 Å². The summed E-state index contributed by atoms with van der Waals surface area (Å²) in [4.78, 5) is 0. The summed E-state index contributed by atoms with van der Waals surface area (Å²) in [6.07, 6.45) is -4.27. The Labute approximate surface area is 88.1 Å². The Morgan fingerprint density at radius 3 is 1.87 bits per heavy atom. The normalized spacial score (nSPS) is 13.0. The van der Waals surface area contributed by atoms with Gasteiger partial charge in [-0.1, -0.05) is 32.9 Å². The monoisotopic (exact) mass is 216 g/mol. The topological polar surface area (TPSA) is 0 Å². The molecule has 84 valence electrons. The smallest absolute Gasteiger partial charge is 0.166 e. The third-order valence-corrected chi connectivity index (χ3v) is 2.33. The second-order valence-electron chi connectivity index (χ2n) is 4.75. The Kier molecular flexibility index (Phi) is 2.85. The number of aryl methyl sites for hydroxylation is 1. The van der Waals surface area contributed by atoms with Crippen LogP contribution in [0.15, 0.2) is 18.2 Å². The van der Waals surface area contributed by atoms with E-state index in [1.165, 1.54) is 6.07 Å². The maximum atomic E-state index is 12.8. The summed E-state index contributed by atoms with van der Waals surface area (Å²) < 4.78 is 38.3. The van der Waals surface area contributed by atoms with E-state index in [0.29, 0.717) is 11.1 Å². The highest BCUT2D eigenvalue weighted by molar-refractivity contribution is 5.41. The molecule has 0 heterocycles. The number of halogens is 3. The fourth-order valence-corrected chi connectivity index (χ4v) is 1.90. The lowest BCUT2D eigenvalue weighted by Gasteiger charge is -2.26. The highest BCUT2D eigenvalue weighted by Gasteiger charge is 2.36. The molecule has 0 aliphatic heterocycles. The van der Waals surface area contributed by atoms with Gasteiger partial charge in [-0.3, -0.25) is 0 Å². The summed E-state index contributed by atoms with van der Waals surface area (Å²) in [5.41, 5.74) is 0.0701. The van der Waals surface area contributed by atoms with Crippen LogP contribution in [0.5, 0.6) is 0 Å². The fourth-order valence-electron chi connectivity index (χ4n) is 1.90. The zero-order chi connectivity index (χ0) is 11.9. The molecule has 0 aliphatic carbocycles. The number of alkyl halides is 3. The van der Waals surface area contributed by atoms with Crippen LogP contribution in [-0.2, 0) is 11.6 Å². The standard InChI is InChI=1S/C12H15F3/c1-8-6-5-7-9(12(13,14)15)10(8)11(2,3)4/h5-7H,1-4H3. The molecule has 0 saturated heterocycles. The van der Waals surface area contributed by atoms with Crippen LogP contribution in [0.2, 0.25) is 0 Å². The van der Waals surface area contributed by atoms with Gasteiger partial charge in [0.25, 0.3) is 0 Å². The molecular formula is C12H15F3. The van der Waals surface area contributed by atoms with Crippen molar-refractivity contribution in [3.8, 4) is 0 Å². The van der Waals surface area contributed by atoms with Crippen LogP contribution in [-0.4, -0.2) is 0 Å². The first-order valence-electron chi connectivity index (χ1n) is 4.81. The highest BCUT2D eigenvalue weighted by Crippen LogP contribution is 2.38. The molecule has 0 unspecified atom stereocenters. The molecular weight excluding hydrogens is 201 g/mol. The van der Waals surface area contributed by atoms with E-state index in [9.17, 15) is 13.2 Å². The van der Waals surface area contributed by atoms with E-state index in [4.69, 9.17) is 0 Å². The van der Waals surface area contributed by atoms with Gasteiger partial charge >= 0.3 is 6.18 Å². The minimum atomic E-state index is -4.27. The SMILES string of the molecule is Cc1cccc(C(F)(F)F)c1C(C)(C)C. The lowest BCUT2D eigenvalue weighted by Crippen LogP contribution is -2.20. The van der Waals surface area contributed by atoms with Crippen LogP contribution in [0.1, 0.15) is 37.5 Å². The van der Waals surface area contributed by atoms with Gasteiger partial charge in [0.15, 0.2) is 0 Å². The van der Waals surface area contributed by atoms with E-state index < -0.39 is 17.2 Å². The van der Waals surface area contributed by atoms with Gasteiger partial charge in [-0.15, -0.1) is 0 Å². The van der Waals surface area contributed by atoms with Crippen molar-refractivity contribution in [2.45, 2.75) is 39.3 Å². The minimum Gasteiger partial charge on any atom is -0.166 e. The lowest BCUT2D eigenvalue weighted by molar-refractivity contribution is -0.138. The van der Waals surface area contributed by atoms with Crippen LogP contribution in [0, 0.1) is 6.92 Å². The molecule has 0 fully saturated rings. The van der Waals surface area contributed by atoms with Gasteiger partial charge in [0.2, 0.25) is 0 Å². The summed E-state index contributed by atoms with van der Waals surface area (Å²) in [6.45, 7) is 7.11. The van der Waals surface area contributed by atoms with Crippen molar-refractivity contribution < 1.29 is 13.2 Å². The number of rotatable bonds is 0. The first-order valence-corrected chi connectivity index (χ1v) is 4.81. The van der Waals surface area contributed by atoms with E-state index in [0.717, 1.165) is 6.07 Å². The average molecular weight is 216 g/mol. The molecule has 0 atom stereocenters. The molecule has 1 rings (SSSR count). The Morgan fingerprint density at radius 2 is 1.53 bits per heavy atom. The van der Waals surface area contributed by atoms with Gasteiger partial charge in [0, 0.05) is 0 Å². The second-order valence-corrected chi connectivity index (χ2v) is 4.75. The van der Waals surface area contributed by atoms with E-state index >= 15 is 0 Å². The number of hydrogen-bond acceptors (Lipinski definition) is 0. The zero-order valence-electron chi connectivity index (χ0n) is 9.37. The van der Waals surface area contributed by atoms with Crippen LogP contribution >= 0.6 is 0 Å². The predicted molar refractivity (Wildman–Crippen MR) is 54.9 cm³/mol. The molecule has 1 aromatic carbocycles. The Bertz CT molecular complexity index is 356. The zero-order valence-corrected chi connectivity index (χ0v) is 9.37. The van der Waals surface area contributed by atoms with Gasteiger partial charge in [-0.25, -0.2) is 0 Å². The number of benzene rings is 1. The van der Waals surface area contributed by atoms with Crippen molar-refractivity contribution in [3.05, 3.63) is 34.9 Å². The maximum absolute atomic E-state index is 12.8. The first kappa shape index (κ1) is 12.1. The molecule has 0 aliphatic rings. The molecule has 0 bridgehead atoms. The fraction of sp³-hybridized carbons (Fsp3) is 0.500. The first-order chi connectivity index (χ1) is 6.64. The van der Waals surface area contributed by atoms with Crippen LogP contribution in [0.4, 0.5) is 13.2 Å². The van der Waals surface area contributed by atoms with Crippen molar-refractivity contribution in [3.63, 3.8) is 0 Å². The quantitative estimate of drug-likeness (QED) is 0.606. The van der Waals surface area contributed by atoms with Crippen molar-refractivity contribution in [2.75, 3.05) is 0 Å². The molecule has 0 N–H and O–H groups in total. The van der Waals surface area contributed by atoms with Crippen molar-refractivity contribution in [2.24, 2.45) is 0 Å². The average Bonchev–Trinajstić information content (AvgIpc) is 1.99.